The van der Waals surface area contributed by atoms with Gasteiger partial charge >= 0.3 is 6.72 Å². The van der Waals surface area contributed by atoms with Crippen molar-refractivity contribution >= 4 is 18.5 Å². The van der Waals surface area contributed by atoms with Gasteiger partial charge in [0.15, 0.2) is 5.85 Å². The van der Waals surface area contributed by atoms with E-state index in [1.165, 1.54) is 6.92 Å². The first-order chi connectivity index (χ1) is 9.54. The van der Waals surface area contributed by atoms with Gasteiger partial charge in [0.05, 0.1) is 6.61 Å². The fraction of sp³-hybridized carbons (Fsp3) is 0.667. The van der Waals surface area contributed by atoms with Crippen LogP contribution < -0.4 is 16.0 Å². The molecule has 1 aromatic heterocycles. The molecule has 120 valence electrons. The Morgan fingerprint density at radius 3 is 2.48 bits per heavy atom. The molecule has 1 aromatic rings. The Kier molecular flexibility index (Phi) is 6.22. The van der Waals surface area contributed by atoms with Crippen molar-refractivity contribution in [2.24, 2.45) is 11.5 Å². The van der Waals surface area contributed by atoms with Crippen molar-refractivity contribution < 1.29 is 13.6 Å². The highest BCUT2D eigenvalue weighted by atomic mass is 32.5. The molecule has 0 spiro atoms. The average Bonchev–Trinajstić information content (AvgIpc) is 2.24. The van der Waals surface area contributed by atoms with E-state index < -0.39 is 12.6 Å². The maximum atomic E-state index is 5.66. The van der Waals surface area contributed by atoms with Crippen LogP contribution in [0.4, 0.5) is 0 Å². The SMILES string of the molecule is CCOP(=S)(Oc1cc(C)nc(C(C)C)n1)OC(C)(N)N. The second-order valence-corrected chi connectivity index (χ2v) is 7.95. The van der Waals surface area contributed by atoms with Crippen LogP contribution in [-0.2, 0) is 20.9 Å². The summed E-state index contributed by atoms with van der Waals surface area (Å²) in [5.41, 5.74) is 12.0. The van der Waals surface area contributed by atoms with Gasteiger partial charge in [-0.15, -0.1) is 0 Å². The number of hydrogen-bond donors (Lipinski definition) is 2. The third-order valence-corrected chi connectivity index (χ3v) is 4.53. The Hall–Kier alpha value is -0.630. The molecule has 0 aliphatic rings. The van der Waals surface area contributed by atoms with Crippen LogP contribution in [0.5, 0.6) is 5.88 Å². The molecular formula is C12H23N4O3PS. The molecule has 0 fully saturated rings. The second kappa shape index (κ2) is 7.09. The van der Waals surface area contributed by atoms with Crippen LogP contribution in [0.25, 0.3) is 0 Å². The number of nitrogens with zero attached hydrogens (tertiary/aromatic N) is 2. The highest BCUT2D eigenvalue weighted by Gasteiger charge is 2.30. The van der Waals surface area contributed by atoms with Gasteiger partial charge in [-0.05, 0) is 20.8 Å². The highest BCUT2D eigenvalue weighted by molar-refractivity contribution is 8.07. The van der Waals surface area contributed by atoms with E-state index in [0.29, 0.717) is 18.3 Å². The van der Waals surface area contributed by atoms with Crippen molar-refractivity contribution in [2.75, 3.05) is 6.61 Å². The van der Waals surface area contributed by atoms with Gasteiger partial charge in [-0.1, -0.05) is 13.8 Å². The van der Waals surface area contributed by atoms with Crippen LogP contribution in [0.3, 0.4) is 0 Å². The molecular weight excluding hydrogens is 311 g/mol. The van der Waals surface area contributed by atoms with Crippen LogP contribution in [0.1, 0.15) is 45.1 Å². The number of hydrogen-bond acceptors (Lipinski definition) is 8. The predicted octanol–water partition coefficient (Wildman–Crippen LogP) is 2.16. The van der Waals surface area contributed by atoms with Crippen LogP contribution in [0.15, 0.2) is 6.07 Å². The molecule has 0 aliphatic carbocycles. The average molecular weight is 334 g/mol. The maximum absolute atomic E-state index is 5.66. The summed E-state index contributed by atoms with van der Waals surface area (Å²) in [4.78, 5) is 8.66. The van der Waals surface area contributed by atoms with Crippen LogP contribution >= 0.6 is 6.72 Å². The summed E-state index contributed by atoms with van der Waals surface area (Å²) in [5.74, 6) is -0.334. The second-order valence-electron chi connectivity index (χ2n) is 5.09. The Balaban J connectivity index is 3.07. The van der Waals surface area contributed by atoms with Crippen molar-refractivity contribution in [2.45, 2.75) is 46.4 Å². The third kappa shape index (κ3) is 6.34. The molecule has 1 atom stereocenters. The molecule has 0 amide bonds. The normalized spacial score (nSPS) is 15.0. The van der Waals surface area contributed by atoms with Crippen molar-refractivity contribution in [3.05, 3.63) is 17.6 Å². The topological polar surface area (TPSA) is 106 Å². The van der Waals surface area contributed by atoms with Crippen molar-refractivity contribution in [1.82, 2.24) is 9.97 Å². The lowest BCUT2D eigenvalue weighted by atomic mass is 10.2. The zero-order valence-corrected chi connectivity index (χ0v) is 14.7. The maximum Gasteiger partial charge on any atom is 0.384 e. The minimum Gasteiger partial charge on any atom is -0.405 e. The lowest BCUT2D eigenvalue weighted by molar-refractivity contribution is 0.0735. The lowest BCUT2D eigenvalue weighted by Crippen LogP contribution is -2.48. The van der Waals surface area contributed by atoms with E-state index in [-0.39, 0.29) is 5.92 Å². The Bertz CT molecular complexity index is 534. The summed E-state index contributed by atoms with van der Waals surface area (Å²) in [6.45, 7) is 6.26. The van der Waals surface area contributed by atoms with Gasteiger partial charge < -0.3 is 4.52 Å². The van der Waals surface area contributed by atoms with E-state index >= 15 is 0 Å². The minimum atomic E-state index is -3.14. The first-order valence-corrected chi connectivity index (χ1v) is 9.18. The number of aryl methyl sites for hydroxylation is 1. The molecule has 4 N–H and O–H groups in total. The number of rotatable bonds is 7. The molecule has 0 saturated carbocycles. The molecule has 7 nitrogen and oxygen atoms in total. The molecule has 0 aromatic carbocycles. The van der Waals surface area contributed by atoms with Gasteiger partial charge in [-0.25, -0.2) is 4.98 Å². The van der Waals surface area contributed by atoms with Crippen LogP contribution in [0, 0.1) is 6.92 Å². The fourth-order valence-corrected chi connectivity index (χ4v) is 3.74. The molecule has 0 saturated heterocycles. The Labute approximate surface area is 130 Å². The van der Waals surface area contributed by atoms with Gasteiger partial charge in [0.2, 0.25) is 5.88 Å². The molecule has 1 unspecified atom stereocenters. The molecule has 9 heteroatoms. The van der Waals surface area contributed by atoms with Crippen molar-refractivity contribution in [3.63, 3.8) is 0 Å². The van der Waals surface area contributed by atoms with Crippen molar-refractivity contribution in [3.8, 4) is 5.88 Å². The van der Waals surface area contributed by atoms with E-state index in [1.807, 2.05) is 20.8 Å². The monoisotopic (exact) mass is 334 g/mol. The molecule has 0 radical (unpaired) electrons. The Morgan fingerprint density at radius 2 is 2.00 bits per heavy atom. The van der Waals surface area contributed by atoms with Gasteiger partial charge in [-0.3, -0.25) is 20.5 Å². The van der Waals surface area contributed by atoms with Gasteiger partial charge in [-0.2, -0.15) is 4.98 Å². The Morgan fingerprint density at radius 1 is 1.38 bits per heavy atom. The number of nitrogens with two attached hydrogens (primary N) is 2. The summed E-state index contributed by atoms with van der Waals surface area (Å²) >= 11 is 5.31. The first kappa shape index (κ1) is 18.4. The zero-order chi connectivity index (χ0) is 16.3. The molecule has 1 rings (SSSR count). The largest absolute Gasteiger partial charge is 0.405 e. The van der Waals surface area contributed by atoms with E-state index in [4.69, 9.17) is 36.8 Å². The minimum absolute atomic E-state index is 0.160. The molecule has 21 heavy (non-hydrogen) atoms. The van der Waals surface area contributed by atoms with Crippen LogP contribution in [-0.4, -0.2) is 22.4 Å². The highest BCUT2D eigenvalue weighted by Crippen LogP contribution is 2.51. The quantitative estimate of drug-likeness (QED) is 0.577. The number of aromatic nitrogens is 2. The smallest absolute Gasteiger partial charge is 0.384 e. The van der Waals surface area contributed by atoms with E-state index in [9.17, 15) is 0 Å². The first-order valence-electron chi connectivity index (χ1n) is 6.63. The van der Waals surface area contributed by atoms with E-state index in [2.05, 4.69) is 9.97 Å². The standard InChI is InChI=1S/C12H23N4O3PS/c1-6-17-20(21,19-12(5,13)14)18-10-7-9(4)15-11(16-10)8(2)3/h7-8H,6,13-14H2,1-5H3. The van der Waals surface area contributed by atoms with Gasteiger partial charge in [0.1, 0.15) is 5.82 Å². The predicted molar refractivity (Wildman–Crippen MR) is 85.3 cm³/mol. The van der Waals surface area contributed by atoms with Gasteiger partial charge in [0, 0.05) is 29.5 Å². The fourth-order valence-electron chi connectivity index (χ4n) is 1.45. The van der Waals surface area contributed by atoms with Crippen LogP contribution in [0.2, 0.25) is 0 Å². The molecule has 0 aliphatic heterocycles. The summed E-state index contributed by atoms with van der Waals surface area (Å²) in [6, 6.07) is 1.67. The van der Waals surface area contributed by atoms with E-state index in [1.54, 1.807) is 13.0 Å². The third-order valence-electron chi connectivity index (χ3n) is 2.17. The molecule has 1 heterocycles. The summed E-state index contributed by atoms with van der Waals surface area (Å²) < 4.78 is 16.5. The zero-order valence-electron chi connectivity index (χ0n) is 13.0. The molecule has 0 bridgehead atoms. The van der Waals surface area contributed by atoms with Crippen molar-refractivity contribution in [1.29, 1.82) is 0 Å². The summed E-state index contributed by atoms with van der Waals surface area (Å²) in [7, 11) is 0. The summed E-state index contributed by atoms with van der Waals surface area (Å²) in [5, 5.41) is 0. The summed E-state index contributed by atoms with van der Waals surface area (Å²) in [6.07, 6.45) is 0. The lowest BCUT2D eigenvalue weighted by Gasteiger charge is -2.28. The van der Waals surface area contributed by atoms with E-state index in [0.717, 1.165) is 5.69 Å². The van der Waals surface area contributed by atoms with Gasteiger partial charge in [0.25, 0.3) is 0 Å².